The summed E-state index contributed by atoms with van der Waals surface area (Å²) in [5.74, 6) is -0.511. The molecule has 1 aliphatic rings. The molecule has 2 heterocycles. The standard InChI is InChI=1S/C16H16N2O2S/c1-18-14-5-3-2-4-12(14)13(8-15(18)19)16(20)17-9-11-6-7-21-10-11/h2-7,10,13H,8-9H2,1H3,(H,17,20)/t13-/m0/s1. The highest BCUT2D eigenvalue weighted by molar-refractivity contribution is 7.07. The summed E-state index contributed by atoms with van der Waals surface area (Å²) in [6.07, 6.45) is 0.225. The zero-order chi connectivity index (χ0) is 14.8. The first-order valence-corrected chi connectivity index (χ1v) is 7.75. The molecule has 0 saturated carbocycles. The number of anilines is 1. The van der Waals surface area contributed by atoms with E-state index in [0.717, 1.165) is 16.8 Å². The zero-order valence-electron chi connectivity index (χ0n) is 11.7. The molecule has 0 saturated heterocycles. The summed E-state index contributed by atoms with van der Waals surface area (Å²) in [5, 5.41) is 6.92. The van der Waals surface area contributed by atoms with Crippen molar-refractivity contribution in [2.45, 2.75) is 18.9 Å². The van der Waals surface area contributed by atoms with E-state index in [9.17, 15) is 9.59 Å². The summed E-state index contributed by atoms with van der Waals surface area (Å²) in [7, 11) is 1.75. The predicted octanol–water partition coefficient (Wildman–Crippen LogP) is 2.51. The lowest BCUT2D eigenvalue weighted by Gasteiger charge is -2.30. The van der Waals surface area contributed by atoms with E-state index < -0.39 is 5.92 Å². The number of benzene rings is 1. The first-order chi connectivity index (χ1) is 10.2. The summed E-state index contributed by atoms with van der Waals surface area (Å²) >= 11 is 1.60. The minimum Gasteiger partial charge on any atom is -0.351 e. The third kappa shape index (κ3) is 2.69. The van der Waals surface area contributed by atoms with E-state index in [4.69, 9.17) is 0 Å². The van der Waals surface area contributed by atoms with E-state index in [1.807, 2.05) is 41.1 Å². The van der Waals surface area contributed by atoms with Gasteiger partial charge in [0.2, 0.25) is 11.8 Å². The second kappa shape index (κ2) is 5.69. The number of fused-ring (bicyclic) bond motifs is 1. The Kier molecular flexibility index (Phi) is 3.75. The highest BCUT2D eigenvalue weighted by Crippen LogP contribution is 2.35. The van der Waals surface area contributed by atoms with E-state index >= 15 is 0 Å². The van der Waals surface area contributed by atoms with E-state index in [0.29, 0.717) is 6.54 Å². The van der Waals surface area contributed by atoms with Crippen LogP contribution in [0.15, 0.2) is 41.1 Å². The van der Waals surface area contributed by atoms with Crippen molar-refractivity contribution in [3.63, 3.8) is 0 Å². The third-order valence-corrected chi connectivity index (χ3v) is 4.52. The average molecular weight is 300 g/mol. The van der Waals surface area contributed by atoms with Gasteiger partial charge in [-0.25, -0.2) is 0 Å². The maximum Gasteiger partial charge on any atom is 0.228 e. The van der Waals surface area contributed by atoms with Crippen LogP contribution in [0.4, 0.5) is 5.69 Å². The number of amides is 2. The Morgan fingerprint density at radius 3 is 2.95 bits per heavy atom. The molecule has 2 aromatic rings. The number of rotatable bonds is 3. The van der Waals surface area contributed by atoms with Crippen molar-refractivity contribution >= 4 is 28.8 Å². The Balaban J connectivity index is 1.80. The van der Waals surface area contributed by atoms with Crippen LogP contribution in [0, 0.1) is 0 Å². The lowest BCUT2D eigenvalue weighted by Crippen LogP contribution is -2.39. The Labute approximate surface area is 127 Å². The van der Waals surface area contributed by atoms with Crippen molar-refractivity contribution in [2.75, 3.05) is 11.9 Å². The fourth-order valence-electron chi connectivity index (χ4n) is 2.58. The van der Waals surface area contributed by atoms with Gasteiger partial charge in [-0.2, -0.15) is 11.3 Å². The molecule has 4 nitrogen and oxygen atoms in total. The molecule has 1 atom stereocenters. The molecule has 1 aliphatic heterocycles. The highest BCUT2D eigenvalue weighted by atomic mass is 32.1. The fraction of sp³-hybridized carbons (Fsp3) is 0.250. The van der Waals surface area contributed by atoms with Crippen LogP contribution in [0.3, 0.4) is 0 Å². The number of carbonyl (C=O) groups is 2. The van der Waals surface area contributed by atoms with Gasteiger partial charge in [0.05, 0.1) is 5.92 Å². The van der Waals surface area contributed by atoms with Crippen molar-refractivity contribution in [2.24, 2.45) is 0 Å². The quantitative estimate of drug-likeness (QED) is 0.947. The number of thiophene rings is 1. The first kappa shape index (κ1) is 13.8. The second-order valence-electron chi connectivity index (χ2n) is 5.12. The van der Waals surface area contributed by atoms with E-state index in [1.165, 1.54) is 0 Å². The lowest BCUT2D eigenvalue weighted by molar-refractivity contribution is -0.127. The normalized spacial score (nSPS) is 17.5. The summed E-state index contributed by atoms with van der Waals surface area (Å²) in [6.45, 7) is 0.505. The maximum atomic E-state index is 12.4. The third-order valence-electron chi connectivity index (χ3n) is 3.79. The molecule has 108 valence electrons. The van der Waals surface area contributed by atoms with Crippen LogP contribution in [0.25, 0.3) is 0 Å². The monoisotopic (exact) mass is 300 g/mol. The molecule has 1 aromatic heterocycles. The number of nitrogens with zero attached hydrogens (tertiary/aromatic N) is 1. The van der Waals surface area contributed by atoms with Crippen LogP contribution in [-0.2, 0) is 16.1 Å². The predicted molar refractivity (Wildman–Crippen MR) is 83.4 cm³/mol. The molecule has 0 fully saturated rings. The number of carbonyl (C=O) groups excluding carboxylic acids is 2. The van der Waals surface area contributed by atoms with Crippen LogP contribution < -0.4 is 10.2 Å². The Hall–Kier alpha value is -2.14. The van der Waals surface area contributed by atoms with Gasteiger partial charge in [0.25, 0.3) is 0 Å². The van der Waals surface area contributed by atoms with Crippen LogP contribution >= 0.6 is 11.3 Å². The summed E-state index contributed by atoms with van der Waals surface area (Å²) < 4.78 is 0. The summed E-state index contributed by atoms with van der Waals surface area (Å²) in [4.78, 5) is 26.1. The van der Waals surface area contributed by atoms with Gasteiger partial charge in [-0.15, -0.1) is 0 Å². The molecule has 1 aromatic carbocycles. The van der Waals surface area contributed by atoms with Crippen molar-refractivity contribution < 1.29 is 9.59 Å². The fourth-order valence-corrected chi connectivity index (χ4v) is 3.25. The van der Waals surface area contributed by atoms with Gasteiger partial charge in [0, 0.05) is 25.7 Å². The van der Waals surface area contributed by atoms with Gasteiger partial charge in [-0.05, 0) is 34.0 Å². The van der Waals surface area contributed by atoms with E-state index in [-0.39, 0.29) is 18.2 Å². The maximum absolute atomic E-state index is 12.4. The van der Waals surface area contributed by atoms with Gasteiger partial charge in [-0.3, -0.25) is 9.59 Å². The van der Waals surface area contributed by atoms with Crippen LogP contribution in [-0.4, -0.2) is 18.9 Å². The van der Waals surface area contributed by atoms with Crippen molar-refractivity contribution in [3.05, 3.63) is 52.2 Å². The first-order valence-electron chi connectivity index (χ1n) is 6.81. The molecule has 21 heavy (non-hydrogen) atoms. The van der Waals surface area contributed by atoms with Crippen molar-refractivity contribution in [1.82, 2.24) is 5.32 Å². The largest absolute Gasteiger partial charge is 0.351 e. The number of hydrogen-bond donors (Lipinski definition) is 1. The second-order valence-corrected chi connectivity index (χ2v) is 5.90. The zero-order valence-corrected chi connectivity index (χ0v) is 12.5. The van der Waals surface area contributed by atoms with Gasteiger partial charge < -0.3 is 10.2 Å². The summed E-state index contributed by atoms with van der Waals surface area (Å²) in [6, 6.07) is 9.58. The molecule has 0 radical (unpaired) electrons. The van der Waals surface area contributed by atoms with E-state index in [1.54, 1.807) is 23.3 Å². The number of nitrogens with one attached hydrogen (secondary N) is 1. The molecule has 0 unspecified atom stereocenters. The lowest BCUT2D eigenvalue weighted by atomic mass is 9.89. The Bertz CT molecular complexity index is 667. The minimum absolute atomic E-state index is 0.0237. The van der Waals surface area contributed by atoms with Gasteiger partial charge in [0.1, 0.15) is 0 Å². The Morgan fingerprint density at radius 1 is 1.38 bits per heavy atom. The number of hydrogen-bond acceptors (Lipinski definition) is 3. The molecule has 5 heteroatoms. The average Bonchev–Trinajstić information content (AvgIpc) is 3.02. The smallest absolute Gasteiger partial charge is 0.228 e. The molecule has 1 N–H and O–H groups in total. The molecular weight excluding hydrogens is 284 g/mol. The molecule has 3 rings (SSSR count). The van der Waals surface area contributed by atoms with E-state index in [2.05, 4.69) is 5.32 Å². The molecule has 0 aliphatic carbocycles. The van der Waals surface area contributed by atoms with Crippen LogP contribution in [0.2, 0.25) is 0 Å². The van der Waals surface area contributed by atoms with Crippen LogP contribution in [0.5, 0.6) is 0 Å². The topological polar surface area (TPSA) is 49.4 Å². The van der Waals surface area contributed by atoms with Crippen molar-refractivity contribution in [3.8, 4) is 0 Å². The summed E-state index contributed by atoms with van der Waals surface area (Å²) in [5.41, 5.74) is 2.83. The Morgan fingerprint density at radius 2 is 2.19 bits per heavy atom. The van der Waals surface area contributed by atoms with Gasteiger partial charge in [0.15, 0.2) is 0 Å². The molecule has 0 bridgehead atoms. The highest BCUT2D eigenvalue weighted by Gasteiger charge is 2.33. The van der Waals surface area contributed by atoms with Gasteiger partial charge in [-0.1, -0.05) is 18.2 Å². The van der Waals surface area contributed by atoms with Crippen LogP contribution in [0.1, 0.15) is 23.5 Å². The molecule has 2 amide bonds. The van der Waals surface area contributed by atoms with Crippen molar-refractivity contribution in [1.29, 1.82) is 0 Å². The van der Waals surface area contributed by atoms with Gasteiger partial charge >= 0.3 is 0 Å². The minimum atomic E-state index is -0.400. The SMILES string of the molecule is CN1C(=O)C[C@H](C(=O)NCc2ccsc2)c2ccccc21. The molecular formula is C16H16N2O2S. The number of para-hydroxylation sites is 1. The molecule has 0 spiro atoms.